The number of carbonyl (C=O) groups is 1. The minimum absolute atomic E-state index is 0.140. The zero-order chi connectivity index (χ0) is 21.3. The highest BCUT2D eigenvalue weighted by Gasteiger charge is 2.25. The molecule has 0 unspecified atom stereocenters. The van der Waals surface area contributed by atoms with Gasteiger partial charge in [0.25, 0.3) is 5.91 Å². The largest absolute Gasteiger partial charge is 0.353 e. The molecule has 154 valence electrons. The summed E-state index contributed by atoms with van der Waals surface area (Å²) in [5.41, 5.74) is 3.59. The van der Waals surface area contributed by atoms with Crippen LogP contribution in [0.1, 0.15) is 27.2 Å². The van der Waals surface area contributed by atoms with Gasteiger partial charge in [0.2, 0.25) is 0 Å². The lowest BCUT2D eigenvalue weighted by Crippen LogP contribution is -2.49. The molecule has 0 saturated carbocycles. The minimum atomic E-state index is -0.353. The first-order valence-electron chi connectivity index (χ1n) is 10.0. The molecular formula is C23H24FN5O. The molecule has 6 nitrogen and oxygen atoms in total. The van der Waals surface area contributed by atoms with Gasteiger partial charge in [0.15, 0.2) is 5.82 Å². The van der Waals surface area contributed by atoms with E-state index in [1.54, 1.807) is 30.2 Å². The first-order chi connectivity index (χ1) is 14.4. The van der Waals surface area contributed by atoms with Crippen molar-refractivity contribution in [1.29, 1.82) is 0 Å². The molecule has 0 aliphatic carbocycles. The Bertz CT molecular complexity index is 1080. The van der Waals surface area contributed by atoms with Gasteiger partial charge in [-0.05, 0) is 50.6 Å². The Morgan fingerprint density at radius 1 is 1.00 bits per heavy atom. The molecule has 1 saturated heterocycles. The number of halogens is 1. The molecule has 1 aromatic carbocycles. The molecule has 30 heavy (non-hydrogen) atoms. The van der Waals surface area contributed by atoms with Crippen LogP contribution in [0.25, 0.3) is 11.5 Å². The molecule has 0 radical (unpaired) electrons. The zero-order valence-corrected chi connectivity index (χ0v) is 17.4. The average molecular weight is 405 g/mol. The molecule has 1 fully saturated rings. The number of aryl methyl sites for hydroxylation is 2. The maximum absolute atomic E-state index is 13.9. The summed E-state index contributed by atoms with van der Waals surface area (Å²) in [5, 5.41) is 0. The fraction of sp³-hybridized carbons (Fsp3) is 0.304. The second kappa shape index (κ2) is 8.18. The van der Waals surface area contributed by atoms with Gasteiger partial charge in [-0.25, -0.2) is 14.4 Å². The summed E-state index contributed by atoms with van der Waals surface area (Å²) in [6.45, 7) is 8.08. The summed E-state index contributed by atoms with van der Waals surface area (Å²) >= 11 is 0. The van der Waals surface area contributed by atoms with Gasteiger partial charge in [0, 0.05) is 49.2 Å². The van der Waals surface area contributed by atoms with E-state index in [0.717, 1.165) is 22.8 Å². The van der Waals surface area contributed by atoms with Crippen LogP contribution in [0, 0.1) is 26.6 Å². The van der Waals surface area contributed by atoms with E-state index in [0.29, 0.717) is 43.1 Å². The van der Waals surface area contributed by atoms with Crippen LogP contribution in [0.2, 0.25) is 0 Å². The Kier molecular flexibility index (Phi) is 5.44. The van der Waals surface area contributed by atoms with Crippen molar-refractivity contribution in [3.05, 3.63) is 70.8 Å². The summed E-state index contributed by atoms with van der Waals surface area (Å²) in [6.07, 6.45) is 1.73. The molecular weight excluding hydrogens is 381 g/mol. The van der Waals surface area contributed by atoms with E-state index in [1.807, 2.05) is 32.0 Å². The van der Waals surface area contributed by atoms with Gasteiger partial charge < -0.3 is 9.80 Å². The molecule has 4 rings (SSSR count). The van der Waals surface area contributed by atoms with E-state index in [1.165, 1.54) is 6.07 Å². The van der Waals surface area contributed by atoms with Gasteiger partial charge >= 0.3 is 0 Å². The highest BCUT2D eigenvalue weighted by Crippen LogP contribution is 2.25. The number of hydrogen-bond acceptors (Lipinski definition) is 5. The number of anilines is 1. The highest BCUT2D eigenvalue weighted by atomic mass is 19.1. The van der Waals surface area contributed by atoms with Crippen LogP contribution in [0.5, 0.6) is 0 Å². The lowest BCUT2D eigenvalue weighted by Gasteiger charge is -2.36. The number of piperazine rings is 1. The maximum atomic E-state index is 13.9. The quantitative estimate of drug-likeness (QED) is 0.667. The zero-order valence-electron chi connectivity index (χ0n) is 17.4. The van der Waals surface area contributed by atoms with E-state index in [2.05, 4.69) is 14.9 Å². The number of aromatic nitrogens is 3. The molecule has 1 amide bonds. The third kappa shape index (κ3) is 3.87. The number of pyridine rings is 1. The molecule has 0 spiro atoms. The second-order valence-corrected chi connectivity index (χ2v) is 7.54. The molecule has 2 aromatic heterocycles. The van der Waals surface area contributed by atoms with Gasteiger partial charge in [-0.3, -0.25) is 9.78 Å². The van der Waals surface area contributed by atoms with Crippen LogP contribution < -0.4 is 4.90 Å². The number of nitrogens with zero attached hydrogens (tertiary/aromatic N) is 5. The van der Waals surface area contributed by atoms with Crippen molar-refractivity contribution in [3.8, 4) is 11.5 Å². The molecule has 7 heteroatoms. The van der Waals surface area contributed by atoms with E-state index < -0.39 is 0 Å². The predicted molar refractivity (Wildman–Crippen MR) is 114 cm³/mol. The summed E-state index contributed by atoms with van der Waals surface area (Å²) in [5.74, 6) is 0.978. The molecule has 0 bridgehead atoms. The Hall–Kier alpha value is -3.35. The van der Waals surface area contributed by atoms with Gasteiger partial charge in [0.05, 0.1) is 0 Å². The lowest BCUT2D eigenvalue weighted by atomic mass is 10.1. The molecule has 3 heterocycles. The van der Waals surface area contributed by atoms with E-state index in [4.69, 9.17) is 4.98 Å². The van der Waals surface area contributed by atoms with Crippen molar-refractivity contribution in [3.63, 3.8) is 0 Å². The Balaban J connectivity index is 1.52. The van der Waals surface area contributed by atoms with E-state index >= 15 is 0 Å². The van der Waals surface area contributed by atoms with E-state index in [9.17, 15) is 9.18 Å². The number of benzene rings is 1. The van der Waals surface area contributed by atoms with Crippen molar-refractivity contribution in [2.45, 2.75) is 20.8 Å². The van der Waals surface area contributed by atoms with Crippen LogP contribution >= 0.6 is 0 Å². The van der Waals surface area contributed by atoms with Crippen LogP contribution in [0.3, 0.4) is 0 Å². The second-order valence-electron chi connectivity index (χ2n) is 7.54. The fourth-order valence-electron chi connectivity index (χ4n) is 3.56. The molecule has 1 aliphatic rings. The van der Waals surface area contributed by atoms with Gasteiger partial charge in [0.1, 0.15) is 17.3 Å². The standard InChI is InChI=1S/C23H24FN5O/c1-15-7-8-18(14-19(15)24)23(30)29-12-10-28(11-13-29)22-16(2)17(3)26-21(27-22)20-6-4-5-9-25-20/h4-9,14H,10-13H2,1-3H3. The molecule has 0 N–H and O–H groups in total. The smallest absolute Gasteiger partial charge is 0.254 e. The third-order valence-corrected chi connectivity index (χ3v) is 5.54. The van der Waals surface area contributed by atoms with Crippen molar-refractivity contribution < 1.29 is 9.18 Å². The summed E-state index contributed by atoms with van der Waals surface area (Å²) in [6, 6.07) is 10.3. The SMILES string of the molecule is Cc1ccc(C(=O)N2CCN(c3nc(-c4ccccn4)nc(C)c3C)CC2)cc1F. The van der Waals surface area contributed by atoms with Gasteiger partial charge in [-0.15, -0.1) is 0 Å². The molecule has 0 atom stereocenters. The minimum Gasteiger partial charge on any atom is -0.353 e. The summed E-state index contributed by atoms with van der Waals surface area (Å²) in [7, 11) is 0. The number of hydrogen-bond donors (Lipinski definition) is 0. The van der Waals surface area contributed by atoms with Crippen molar-refractivity contribution in [1.82, 2.24) is 19.9 Å². The number of rotatable bonds is 3. The van der Waals surface area contributed by atoms with Gasteiger partial charge in [-0.2, -0.15) is 0 Å². The first-order valence-corrected chi connectivity index (χ1v) is 10.0. The maximum Gasteiger partial charge on any atom is 0.254 e. The van der Waals surface area contributed by atoms with Crippen LogP contribution in [-0.2, 0) is 0 Å². The third-order valence-electron chi connectivity index (χ3n) is 5.54. The van der Waals surface area contributed by atoms with Crippen molar-refractivity contribution in [2.75, 3.05) is 31.1 Å². The summed E-state index contributed by atoms with van der Waals surface area (Å²) in [4.78, 5) is 30.5. The monoisotopic (exact) mass is 405 g/mol. The van der Waals surface area contributed by atoms with Crippen LogP contribution in [0.15, 0.2) is 42.6 Å². The van der Waals surface area contributed by atoms with Gasteiger partial charge in [-0.1, -0.05) is 12.1 Å². The Labute approximate surface area is 175 Å². The van der Waals surface area contributed by atoms with Crippen LogP contribution in [-0.4, -0.2) is 51.9 Å². The first kappa shape index (κ1) is 19.9. The normalized spacial score (nSPS) is 14.1. The highest BCUT2D eigenvalue weighted by molar-refractivity contribution is 5.94. The number of carbonyl (C=O) groups excluding carboxylic acids is 1. The molecule has 1 aliphatic heterocycles. The lowest BCUT2D eigenvalue weighted by molar-refractivity contribution is 0.0746. The van der Waals surface area contributed by atoms with Crippen molar-refractivity contribution >= 4 is 11.7 Å². The topological polar surface area (TPSA) is 62.2 Å². The Morgan fingerprint density at radius 3 is 2.43 bits per heavy atom. The van der Waals surface area contributed by atoms with Crippen molar-refractivity contribution in [2.24, 2.45) is 0 Å². The Morgan fingerprint density at radius 2 is 1.77 bits per heavy atom. The fourth-order valence-corrected chi connectivity index (χ4v) is 3.56. The van der Waals surface area contributed by atoms with E-state index in [-0.39, 0.29) is 11.7 Å². The molecule has 3 aromatic rings. The number of amides is 1. The average Bonchev–Trinajstić information content (AvgIpc) is 2.77. The predicted octanol–water partition coefficient (Wildman–Crippen LogP) is 3.57. The van der Waals surface area contributed by atoms with Crippen LogP contribution in [0.4, 0.5) is 10.2 Å². The summed E-state index contributed by atoms with van der Waals surface area (Å²) < 4.78 is 13.9.